The molecule has 1 aromatic rings. The van der Waals surface area contributed by atoms with Crippen LogP contribution in [0.25, 0.3) is 0 Å². The van der Waals surface area contributed by atoms with Gasteiger partial charge in [-0.05, 0) is 37.8 Å². The van der Waals surface area contributed by atoms with Gasteiger partial charge in [-0.2, -0.15) is 0 Å². The summed E-state index contributed by atoms with van der Waals surface area (Å²) in [6.45, 7) is 8.66. The maximum absolute atomic E-state index is 13.0. The van der Waals surface area contributed by atoms with Crippen molar-refractivity contribution in [2.24, 2.45) is 0 Å². The lowest BCUT2D eigenvalue weighted by Crippen LogP contribution is -2.44. The van der Waals surface area contributed by atoms with Crippen LogP contribution in [0.15, 0.2) is 24.5 Å². The van der Waals surface area contributed by atoms with Crippen LogP contribution in [0, 0.1) is 0 Å². The van der Waals surface area contributed by atoms with Crippen molar-refractivity contribution in [1.29, 1.82) is 0 Å². The van der Waals surface area contributed by atoms with Gasteiger partial charge in [0.1, 0.15) is 0 Å². The molecule has 34 heavy (non-hydrogen) atoms. The molecule has 2 rings (SSSR count). The number of rotatable bonds is 16. The topological polar surface area (TPSA) is 113 Å². The van der Waals surface area contributed by atoms with E-state index in [1.165, 1.54) is 4.47 Å². The summed E-state index contributed by atoms with van der Waals surface area (Å²) in [6, 6.07) is 3.02. The zero-order valence-corrected chi connectivity index (χ0v) is 21.4. The number of hydrogen-bond donors (Lipinski definition) is 2. The Bertz CT molecular complexity index is 797. The normalized spacial score (nSPS) is 15.1. The van der Waals surface area contributed by atoms with E-state index in [9.17, 15) is 13.2 Å². The van der Waals surface area contributed by atoms with E-state index in [0.717, 1.165) is 32.4 Å². The number of nitrogens with zero attached hydrogens (tertiary/aromatic N) is 3. The molecule has 0 atom stereocenters. The fraction of sp³-hybridized carbons (Fsp3) is 0.739. The number of hydroxylamine groups is 1. The fourth-order valence-corrected chi connectivity index (χ4v) is 5.49. The summed E-state index contributed by atoms with van der Waals surface area (Å²) in [6.07, 6.45) is 7.61. The molecule has 0 aromatic carbocycles. The highest BCUT2D eigenvalue weighted by Crippen LogP contribution is 2.17. The molecular formula is C23H45N5O5S. The Morgan fingerprint density at radius 2 is 1.85 bits per heavy atom. The van der Waals surface area contributed by atoms with Crippen LogP contribution in [0.1, 0.15) is 55.2 Å². The maximum atomic E-state index is 13.0. The number of amides is 2. The second-order valence-corrected chi connectivity index (χ2v) is 10.3. The second-order valence-electron chi connectivity index (χ2n) is 8.36. The molecule has 1 fully saturated rings. The first-order chi connectivity index (χ1) is 16.5. The molecule has 1 aliphatic heterocycles. The SMILES string of the molecule is CCC(CC)N(OCCN1CCOCC1)S(=O)(=O)CCCCCCNC(=O)Nc1ccncc1.[HH].[HH]. The Labute approximate surface area is 207 Å². The summed E-state index contributed by atoms with van der Waals surface area (Å²) in [4.78, 5) is 23.8. The molecule has 0 radical (unpaired) electrons. The van der Waals surface area contributed by atoms with E-state index in [4.69, 9.17) is 9.57 Å². The van der Waals surface area contributed by atoms with Crippen LogP contribution in [0.4, 0.5) is 10.5 Å². The number of nitrogens with one attached hydrogen (secondary N) is 2. The van der Waals surface area contributed by atoms with Crippen molar-refractivity contribution in [2.75, 3.05) is 57.1 Å². The van der Waals surface area contributed by atoms with Crippen molar-refractivity contribution in [1.82, 2.24) is 19.7 Å². The van der Waals surface area contributed by atoms with Crippen LogP contribution in [0.5, 0.6) is 0 Å². The van der Waals surface area contributed by atoms with Crippen LogP contribution < -0.4 is 10.6 Å². The molecule has 0 saturated carbocycles. The minimum atomic E-state index is -3.51. The highest BCUT2D eigenvalue weighted by Gasteiger charge is 2.29. The number of urea groups is 1. The van der Waals surface area contributed by atoms with Crippen LogP contribution in [-0.2, 0) is 19.6 Å². The highest BCUT2D eigenvalue weighted by atomic mass is 32.2. The number of carbonyl (C=O) groups excluding carboxylic acids is 1. The molecule has 0 aliphatic carbocycles. The molecule has 2 amide bonds. The predicted molar refractivity (Wildman–Crippen MR) is 137 cm³/mol. The minimum Gasteiger partial charge on any atom is -0.379 e. The Balaban J connectivity index is 0.00000612. The molecule has 198 valence electrons. The molecule has 1 aliphatic rings. The Morgan fingerprint density at radius 1 is 1.18 bits per heavy atom. The Kier molecular flexibility index (Phi) is 13.4. The summed E-state index contributed by atoms with van der Waals surface area (Å²) in [5.74, 6) is 0.0665. The molecule has 2 heterocycles. The smallest absolute Gasteiger partial charge is 0.319 e. The van der Waals surface area contributed by atoms with Gasteiger partial charge < -0.3 is 15.4 Å². The summed E-state index contributed by atoms with van der Waals surface area (Å²) in [5.41, 5.74) is 0.687. The third-order valence-electron chi connectivity index (χ3n) is 5.80. The molecular weight excluding hydrogens is 458 g/mol. The average molecular weight is 504 g/mol. The summed E-state index contributed by atoms with van der Waals surface area (Å²) in [5, 5.41) is 5.55. The highest BCUT2D eigenvalue weighted by molar-refractivity contribution is 7.88. The van der Waals surface area contributed by atoms with Gasteiger partial charge in [-0.15, -0.1) is 0 Å². The van der Waals surface area contributed by atoms with E-state index in [2.05, 4.69) is 20.5 Å². The number of hydrogen-bond acceptors (Lipinski definition) is 7. The minimum absolute atomic E-state index is 0. The maximum Gasteiger partial charge on any atom is 0.319 e. The lowest BCUT2D eigenvalue weighted by atomic mass is 10.2. The van der Waals surface area contributed by atoms with E-state index in [1.54, 1.807) is 24.5 Å². The van der Waals surface area contributed by atoms with E-state index < -0.39 is 10.0 Å². The number of unbranched alkanes of at least 4 members (excludes halogenated alkanes) is 3. The lowest BCUT2D eigenvalue weighted by molar-refractivity contribution is -0.121. The van der Waals surface area contributed by atoms with Crippen molar-refractivity contribution in [3.63, 3.8) is 0 Å². The van der Waals surface area contributed by atoms with Crippen molar-refractivity contribution < 1.29 is 25.6 Å². The first kappa shape index (κ1) is 28.4. The summed E-state index contributed by atoms with van der Waals surface area (Å²) < 4.78 is 32.7. The van der Waals surface area contributed by atoms with Crippen LogP contribution in [0.2, 0.25) is 0 Å². The van der Waals surface area contributed by atoms with E-state index in [0.29, 0.717) is 57.9 Å². The molecule has 2 N–H and O–H groups in total. The zero-order chi connectivity index (χ0) is 24.7. The van der Waals surface area contributed by atoms with E-state index in [1.807, 2.05) is 13.8 Å². The quantitative estimate of drug-likeness (QED) is 0.263. The standard InChI is InChI=1S/C23H41N5O5S.2H2/c1-3-22(4-2)28(33-19-16-27-14-17-32-18-15-27)34(30,31)20-8-6-5-7-11-25-23(29)26-21-9-12-24-13-10-21;;/h9-10,12-13,22H,3-8,11,14-20H2,1-2H3,(H2,24,25,26,29);2*1H. The number of aromatic nitrogens is 1. The van der Waals surface area contributed by atoms with Gasteiger partial charge in [0.05, 0.1) is 31.6 Å². The molecule has 11 heteroatoms. The zero-order valence-electron chi connectivity index (χ0n) is 20.6. The van der Waals surface area contributed by atoms with Gasteiger partial charge in [-0.3, -0.25) is 14.7 Å². The first-order valence-corrected chi connectivity index (χ1v) is 14.0. The molecule has 10 nitrogen and oxygen atoms in total. The van der Waals surface area contributed by atoms with Gasteiger partial charge in [-0.1, -0.05) is 31.2 Å². The second kappa shape index (κ2) is 16.0. The Morgan fingerprint density at radius 3 is 2.53 bits per heavy atom. The third-order valence-corrected chi connectivity index (χ3v) is 7.55. The van der Waals surface area contributed by atoms with Crippen molar-refractivity contribution in [2.45, 2.75) is 58.4 Å². The largest absolute Gasteiger partial charge is 0.379 e. The van der Waals surface area contributed by atoms with E-state index >= 15 is 0 Å². The molecule has 0 unspecified atom stereocenters. The van der Waals surface area contributed by atoms with Gasteiger partial charge >= 0.3 is 6.03 Å². The van der Waals surface area contributed by atoms with Crippen molar-refractivity contribution in [3.05, 3.63) is 24.5 Å². The number of sulfonamides is 1. The van der Waals surface area contributed by atoms with Crippen LogP contribution in [-0.4, -0.2) is 86.6 Å². The summed E-state index contributed by atoms with van der Waals surface area (Å²) >= 11 is 0. The van der Waals surface area contributed by atoms with Gasteiger partial charge in [0.25, 0.3) is 0 Å². The Hall–Kier alpha value is -1.79. The fourth-order valence-electron chi connectivity index (χ4n) is 3.75. The lowest BCUT2D eigenvalue weighted by Gasteiger charge is -2.31. The molecule has 0 spiro atoms. The first-order valence-electron chi connectivity index (χ1n) is 12.4. The predicted octanol–water partition coefficient (Wildman–Crippen LogP) is 3.34. The number of carbonyl (C=O) groups is 1. The average Bonchev–Trinajstić information content (AvgIpc) is 2.84. The van der Waals surface area contributed by atoms with E-state index in [-0.39, 0.29) is 20.7 Å². The summed E-state index contributed by atoms with van der Waals surface area (Å²) in [7, 11) is -3.51. The molecule has 1 aromatic heterocycles. The molecule has 0 bridgehead atoms. The number of anilines is 1. The van der Waals surface area contributed by atoms with Crippen LogP contribution >= 0.6 is 0 Å². The van der Waals surface area contributed by atoms with Crippen molar-refractivity contribution >= 4 is 21.7 Å². The van der Waals surface area contributed by atoms with Gasteiger partial charge in [0.2, 0.25) is 10.0 Å². The van der Waals surface area contributed by atoms with Gasteiger partial charge in [0.15, 0.2) is 0 Å². The number of ether oxygens (including phenoxy) is 1. The molecule has 1 saturated heterocycles. The third kappa shape index (κ3) is 10.6. The van der Waals surface area contributed by atoms with Crippen LogP contribution in [0.3, 0.4) is 0 Å². The van der Waals surface area contributed by atoms with Gasteiger partial charge in [-0.25, -0.2) is 13.2 Å². The monoisotopic (exact) mass is 503 g/mol. The number of morpholine rings is 1. The number of pyridine rings is 1. The van der Waals surface area contributed by atoms with Crippen molar-refractivity contribution in [3.8, 4) is 0 Å². The van der Waals surface area contributed by atoms with Gasteiger partial charge in [0, 0.05) is 47.1 Å².